The predicted molar refractivity (Wildman–Crippen MR) is 54.2 cm³/mol. The average Bonchev–Trinajstić information content (AvgIpc) is 2.19. The molecule has 0 saturated heterocycles. The zero-order chi connectivity index (χ0) is 9.68. The first kappa shape index (κ1) is 9.71. The van der Waals surface area contributed by atoms with Gasteiger partial charge in [-0.1, -0.05) is 0 Å². The highest BCUT2D eigenvalue weighted by Gasteiger charge is 2.02. The lowest BCUT2D eigenvalue weighted by atomic mass is 10.3. The topological polar surface area (TPSA) is 30.8 Å². The Balaban J connectivity index is 3.15. The Hall–Kier alpha value is -1.38. The SMILES string of the molecule is COc1ccc(N=C=S)c(OC)c1. The van der Waals surface area contributed by atoms with Crippen LogP contribution in [-0.4, -0.2) is 19.4 Å². The fourth-order valence-electron chi connectivity index (χ4n) is 0.926. The van der Waals surface area contributed by atoms with Crippen LogP contribution >= 0.6 is 12.2 Å². The van der Waals surface area contributed by atoms with Crippen molar-refractivity contribution in [3.8, 4) is 11.5 Å². The number of benzene rings is 1. The van der Waals surface area contributed by atoms with E-state index in [2.05, 4.69) is 22.4 Å². The molecule has 0 aliphatic carbocycles. The van der Waals surface area contributed by atoms with E-state index >= 15 is 0 Å². The van der Waals surface area contributed by atoms with E-state index in [0.717, 1.165) is 5.75 Å². The maximum Gasteiger partial charge on any atom is 0.148 e. The number of rotatable bonds is 3. The van der Waals surface area contributed by atoms with Gasteiger partial charge in [0.05, 0.1) is 19.4 Å². The van der Waals surface area contributed by atoms with Gasteiger partial charge in [0.1, 0.15) is 17.2 Å². The molecule has 0 spiro atoms. The molecule has 3 nitrogen and oxygen atoms in total. The van der Waals surface area contributed by atoms with Crippen molar-refractivity contribution >= 4 is 23.1 Å². The lowest BCUT2D eigenvalue weighted by Gasteiger charge is -2.05. The summed E-state index contributed by atoms with van der Waals surface area (Å²) in [4.78, 5) is 3.84. The summed E-state index contributed by atoms with van der Waals surface area (Å²) in [5.41, 5.74) is 0.651. The van der Waals surface area contributed by atoms with E-state index in [4.69, 9.17) is 9.47 Å². The van der Waals surface area contributed by atoms with Crippen LogP contribution in [-0.2, 0) is 0 Å². The second-order valence-electron chi connectivity index (χ2n) is 2.24. The molecule has 68 valence electrons. The third kappa shape index (κ3) is 2.28. The molecule has 0 aliphatic rings. The van der Waals surface area contributed by atoms with Gasteiger partial charge in [0.15, 0.2) is 0 Å². The van der Waals surface area contributed by atoms with Crippen LogP contribution in [0.15, 0.2) is 23.2 Å². The van der Waals surface area contributed by atoms with Crippen molar-refractivity contribution in [2.24, 2.45) is 4.99 Å². The van der Waals surface area contributed by atoms with Crippen molar-refractivity contribution in [2.75, 3.05) is 14.2 Å². The maximum absolute atomic E-state index is 5.08. The lowest BCUT2D eigenvalue weighted by Crippen LogP contribution is -1.86. The molecular weight excluding hydrogens is 186 g/mol. The second kappa shape index (κ2) is 4.60. The minimum absolute atomic E-state index is 0.622. The van der Waals surface area contributed by atoms with Gasteiger partial charge in [-0.25, -0.2) is 0 Å². The fourth-order valence-corrected chi connectivity index (χ4v) is 1.02. The Bertz CT molecular complexity index is 345. The summed E-state index contributed by atoms with van der Waals surface area (Å²) in [6, 6.07) is 5.29. The number of ether oxygens (including phenoxy) is 2. The van der Waals surface area contributed by atoms with Crippen molar-refractivity contribution in [3.63, 3.8) is 0 Å². The molecular formula is C9H9NO2S. The number of nitrogens with zero attached hydrogens (tertiary/aromatic N) is 1. The number of hydrogen-bond acceptors (Lipinski definition) is 4. The molecule has 0 amide bonds. The van der Waals surface area contributed by atoms with E-state index < -0.39 is 0 Å². The zero-order valence-electron chi connectivity index (χ0n) is 7.40. The molecule has 0 heterocycles. The monoisotopic (exact) mass is 195 g/mol. The van der Waals surface area contributed by atoms with E-state index in [1.54, 1.807) is 32.4 Å². The molecule has 0 aliphatic heterocycles. The van der Waals surface area contributed by atoms with Crippen LogP contribution in [0.1, 0.15) is 0 Å². The number of thiocarbonyl (C=S) groups is 1. The van der Waals surface area contributed by atoms with Crippen LogP contribution in [0.4, 0.5) is 5.69 Å². The summed E-state index contributed by atoms with van der Waals surface area (Å²) in [6.45, 7) is 0. The lowest BCUT2D eigenvalue weighted by molar-refractivity contribution is 0.395. The Kier molecular flexibility index (Phi) is 3.43. The van der Waals surface area contributed by atoms with Gasteiger partial charge in [-0.3, -0.25) is 0 Å². The van der Waals surface area contributed by atoms with Crippen molar-refractivity contribution in [1.82, 2.24) is 0 Å². The Morgan fingerprint density at radius 2 is 2.08 bits per heavy atom. The molecule has 0 atom stereocenters. The Morgan fingerprint density at radius 3 is 2.62 bits per heavy atom. The second-order valence-corrected chi connectivity index (χ2v) is 2.42. The summed E-state index contributed by atoms with van der Waals surface area (Å²) >= 11 is 4.50. The van der Waals surface area contributed by atoms with Crippen LogP contribution < -0.4 is 9.47 Å². The largest absolute Gasteiger partial charge is 0.497 e. The summed E-state index contributed by atoms with van der Waals surface area (Å²) < 4.78 is 10.1. The summed E-state index contributed by atoms with van der Waals surface area (Å²) in [5, 5.41) is 2.28. The maximum atomic E-state index is 5.08. The first-order chi connectivity index (χ1) is 6.31. The predicted octanol–water partition coefficient (Wildman–Crippen LogP) is 2.44. The summed E-state index contributed by atoms with van der Waals surface area (Å²) in [7, 11) is 3.16. The number of methoxy groups -OCH3 is 2. The normalized spacial score (nSPS) is 8.77. The first-order valence-electron chi connectivity index (χ1n) is 3.61. The van der Waals surface area contributed by atoms with E-state index in [1.807, 2.05) is 0 Å². The molecule has 4 heteroatoms. The third-order valence-electron chi connectivity index (χ3n) is 1.55. The zero-order valence-corrected chi connectivity index (χ0v) is 8.22. The smallest absolute Gasteiger partial charge is 0.148 e. The molecule has 0 aromatic heterocycles. The third-order valence-corrected chi connectivity index (χ3v) is 1.64. The Morgan fingerprint density at radius 1 is 1.31 bits per heavy atom. The van der Waals surface area contributed by atoms with Crippen molar-refractivity contribution < 1.29 is 9.47 Å². The molecule has 0 unspecified atom stereocenters. The summed E-state index contributed by atoms with van der Waals surface area (Å²) in [5.74, 6) is 1.34. The molecule has 13 heavy (non-hydrogen) atoms. The highest BCUT2D eigenvalue weighted by Crippen LogP contribution is 2.30. The van der Waals surface area contributed by atoms with E-state index in [9.17, 15) is 0 Å². The molecule has 1 aromatic rings. The first-order valence-corrected chi connectivity index (χ1v) is 4.02. The van der Waals surface area contributed by atoms with Gasteiger partial charge in [0.25, 0.3) is 0 Å². The van der Waals surface area contributed by atoms with Gasteiger partial charge in [0.2, 0.25) is 0 Å². The van der Waals surface area contributed by atoms with Crippen molar-refractivity contribution in [3.05, 3.63) is 18.2 Å². The Labute approximate surface area is 82.0 Å². The van der Waals surface area contributed by atoms with Crippen LogP contribution in [0.2, 0.25) is 0 Å². The minimum atomic E-state index is 0.622. The molecule has 0 saturated carbocycles. The van der Waals surface area contributed by atoms with Crippen LogP contribution in [0, 0.1) is 0 Å². The van der Waals surface area contributed by atoms with Gasteiger partial charge in [-0.2, -0.15) is 4.99 Å². The highest BCUT2D eigenvalue weighted by atomic mass is 32.1. The van der Waals surface area contributed by atoms with Crippen molar-refractivity contribution in [2.45, 2.75) is 0 Å². The molecule has 0 radical (unpaired) electrons. The van der Waals surface area contributed by atoms with E-state index in [0.29, 0.717) is 11.4 Å². The van der Waals surface area contributed by atoms with E-state index in [-0.39, 0.29) is 0 Å². The molecule has 1 rings (SSSR count). The van der Waals surface area contributed by atoms with Crippen LogP contribution in [0.5, 0.6) is 11.5 Å². The van der Waals surface area contributed by atoms with Crippen molar-refractivity contribution in [1.29, 1.82) is 0 Å². The van der Waals surface area contributed by atoms with Crippen LogP contribution in [0.25, 0.3) is 0 Å². The van der Waals surface area contributed by atoms with Gasteiger partial charge >= 0.3 is 0 Å². The summed E-state index contributed by atoms with van der Waals surface area (Å²) in [6.07, 6.45) is 0. The van der Waals surface area contributed by atoms with Crippen LogP contribution in [0.3, 0.4) is 0 Å². The van der Waals surface area contributed by atoms with Gasteiger partial charge in [0, 0.05) is 6.07 Å². The molecule has 0 bridgehead atoms. The van der Waals surface area contributed by atoms with E-state index in [1.165, 1.54) is 0 Å². The van der Waals surface area contributed by atoms with Gasteiger partial charge in [-0.15, -0.1) is 0 Å². The average molecular weight is 195 g/mol. The number of hydrogen-bond donors (Lipinski definition) is 0. The quantitative estimate of drug-likeness (QED) is 0.548. The number of isothiocyanates is 1. The number of aliphatic imine (C=N–C) groups is 1. The molecule has 1 aromatic carbocycles. The standard InChI is InChI=1S/C9H9NO2S/c1-11-7-3-4-8(10-6-13)9(5-7)12-2/h3-5H,1-2H3. The minimum Gasteiger partial charge on any atom is -0.497 e. The van der Waals surface area contributed by atoms with Gasteiger partial charge < -0.3 is 9.47 Å². The molecule has 0 fully saturated rings. The highest BCUT2D eigenvalue weighted by molar-refractivity contribution is 7.78. The van der Waals surface area contributed by atoms with Gasteiger partial charge in [-0.05, 0) is 24.4 Å². The fraction of sp³-hybridized carbons (Fsp3) is 0.222. The molecule has 0 N–H and O–H groups in total.